The van der Waals surface area contributed by atoms with Crippen LogP contribution in [0, 0.1) is 12.3 Å². The molecule has 0 amide bonds. The second kappa shape index (κ2) is 2.46. The van der Waals surface area contributed by atoms with E-state index in [9.17, 15) is 4.79 Å². The van der Waals surface area contributed by atoms with E-state index in [-0.39, 0.29) is 6.29 Å². The molecule has 0 heterocycles. The third kappa shape index (κ3) is 1.34. The van der Waals surface area contributed by atoms with Gasteiger partial charge in [-0.15, -0.1) is 6.42 Å². The lowest BCUT2D eigenvalue weighted by molar-refractivity contribution is -0.121. The molecular formula is C5H6O3. The molecule has 0 saturated heterocycles. The molecule has 0 aliphatic rings. The highest BCUT2D eigenvalue weighted by Crippen LogP contribution is 1.93. The summed E-state index contributed by atoms with van der Waals surface area (Å²) in [5.74, 6) is 1.72. The largest absolute Gasteiger partial charge is 0.392 e. The first-order chi connectivity index (χ1) is 3.68. The van der Waals surface area contributed by atoms with E-state index < -0.39 is 12.2 Å². The number of terminal acetylenes is 1. The number of carbonyl (C=O) groups excluding carboxylic acids is 1. The first kappa shape index (κ1) is 7.15. The van der Waals surface area contributed by atoms with Crippen LogP contribution in [0.1, 0.15) is 0 Å². The van der Waals surface area contributed by atoms with Crippen LogP contribution in [-0.4, -0.2) is 28.7 Å². The lowest BCUT2D eigenvalue weighted by Gasteiger charge is -2.07. The summed E-state index contributed by atoms with van der Waals surface area (Å²) in [6.45, 7) is -0.729. The summed E-state index contributed by atoms with van der Waals surface area (Å²) in [5, 5.41) is 16.7. The molecule has 0 bridgehead atoms. The third-order valence-electron chi connectivity index (χ3n) is 0.686. The Hall–Kier alpha value is -0.850. The van der Waals surface area contributed by atoms with E-state index in [4.69, 9.17) is 10.2 Å². The molecule has 0 spiro atoms. The molecule has 1 unspecified atom stereocenters. The molecule has 8 heavy (non-hydrogen) atoms. The summed E-state index contributed by atoms with van der Waals surface area (Å²) < 4.78 is 0. The summed E-state index contributed by atoms with van der Waals surface area (Å²) >= 11 is 0. The third-order valence-corrected chi connectivity index (χ3v) is 0.686. The average Bonchev–Trinajstić information content (AvgIpc) is 1.87. The molecule has 0 rings (SSSR count). The minimum absolute atomic E-state index is 0.118. The number of carbonyl (C=O) groups is 1. The molecular weight excluding hydrogens is 108 g/mol. The van der Waals surface area contributed by atoms with E-state index in [1.165, 1.54) is 0 Å². The van der Waals surface area contributed by atoms with Crippen molar-refractivity contribution >= 4 is 6.29 Å². The molecule has 3 heteroatoms. The Morgan fingerprint density at radius 2 is 2.38 bits per heavy atom. The van der Waals surface area contributed by atoms with Crippen LogP contribution in [0.4, 0.5) is 0 Å². The van der Waals surface area contributed by atoms with Crippen molar-refractivity contribution in [3.05, 3.63) is 0 Å². The summed E-state index contributed by atoms with van der Waals surface area (Å²) in [4.78, 5) is 9.74. The lowest BCUT2D eigenvalue weighted by atomic mass is 10.1. The Kier molecular flexibility index (Phi) is 2.19. The molecule has 0 aromatic carbocycles. The number of rotatable bonds is 2. The predicted molar refractivity (Wildman–Crippen MR) is 26.9 cm³/mol. The number of aliphatic hydroxyl groups excluding tert-OH is 1. The van der Waals surface area contributed by atoms with Crippen LogP contribution in [0.2, 0.25) is 0 Å². The number of aliphatic hydroxyl groups is 2. The van der Waals surface area contributed by atoms with Gasteiger partial charge in [-0.05, 0) is 0 Å². The zero-order chi connectivity index (χ0) is 6.62. The minimum Gasteiger partial charge on any atom is -0.392 e. The fourth-order valence-electron chi connectivity index (χ4n) is 0.117. The van der Waals surface area contributed by atoms with E-state index >= 15 is 0 Å². The summed E-state index contributed by atoms with van der Waals surface area (Å²) in [7, 11) is 0. The van der Waals surface area contributed by atoms with Crippen molar-refractivity contribution < 1.29 is 15.0 Å². The second-order valence-electron chi connectivity index (χ2n) is 1.34. The van der Waals surface area contributed by atoms with Crippen molar-refractivity contribution in [2.75, 3.05) is 6.61 Å². The second-order valence-corrected chi connectivity index (χ2v) is 1.34. The Balaban J connectivity index is 4.03. The highest BCUT2D eigenvalue weighted by Gasteiger charge is 2.20. The zero-order valence-corrected chi connectivity index (χ0v) is 4.16. The van der Waals surface area contributed by atoms with Crippen LogP contribution < -0.4 is 0 Å². The van der Waals surface area contributed by atoms with E-state index in [1.807, 2.05) is 0 Å². The molecule has 0 aromatic rings. The molecule has 0 fully saturated rings. The quantitative estimate of drug-likeness (QED) is 0.341. The van der Waals surface area contributed by atoms with Crippen LogP contribution in [0.3, 0.4) is 0 Å². The molecule has 1 atom stereocenters. The fourth-order valence-corrected chi connectivity index (χ4v) is 0.117. The SMILES string of the molecule is C#CC(O)(C=O)CO. The van der Waals surface area contributed by atoms with Gasteiger partial charge in [-0.3, -0.25) is 4.79 Å². The molecule has 0 aliphatic heterocycles. The van der Waals surface area contributed by atoms with Gasteiger partial charge in [-0.2, -0.15) is 0 Å². The Bertz CT molecular complexity index is 124. The van der Waals surface area contributed by atoms with Gasteiger partial charge in [0, 0.05) is 0 Å². The molecule has 0 aromatic heterocycles. The van der Waals surface area contributed by atoms with Crippen LogP contribution in [0.5, 0.6) is 0 Å². The maximum absolute atomic E-state index is 9.74. The molecule has 0 radical (unpaired) electrons. The van der Waals surface area contributed by atoms with Crippen LogP contribution in [0.25, 0.3) is 0 Å². The van der Waals surface area contributed by atoms with Gasteiger partial charge in [0.15, 0.2) is 6.29 Å². The van der Waals surface area contributed by atoms with Crippen molar-refractivity contribution in [3.8, 4) is 12.3 Å². The van der Waals surface area contributed by atoms with Gasteiger partial charge in [0.2, 0.25) is 5.60 Å². The molecule has 2 N–H and O–H groups in total. The monoisotopic (exact) mass is 114 g/mol. The van der Waals surface area contributed by atoms with Gasteiger partial charge in [0.05, 0.1) is 6.61 Å². The van der Waals surface area contributed by atoms with Crippen LogP contribution in [0.15, 0.2) is 0 Å². The van der Waals surface area contributed by atoms with Gasteiger partial charge < -0.3 is 10.2 Å². The standard InChI is InChI=1S/C5H6O3/c1-2-5(8,3-6)4-7/h1,3,7-8H,4H2. The molecule has 3 nitrogen and oxygen atoms in total. The van der Waals surface area contributed by atoms with Crippen LogP contribution >= 0.6 is 0 Å². The smallest absolute Gasteiger partial charge is 0.204 e. The summed E-state index contributed by atoms with van der Waals surface area (Å²) in [5.41, 5.74) is -1.97. The van der Waals surface area contributed by atoms with E-state index in [0.717, 1.165) is 0 Å². The normalized spacial score (nSPS) is 16.1. The number of aldehydes is 1. The summed E-state index contributed by atoms with van der Waals surface area (Å²) in [6, 6.07) is 0. The van der Waals surface area contributed by atoms with Crippen molar-refractivity contribution in [1.29, 1.82) is 0 Å². The highest BCUT2D eigenvalue weighted by atomic mass is 16.3. The van der Waals surface area contributed by atoms with Crippen molar-refractivity contribution in [1.82, 2.24) is 0 Å². The average molecular weight is 114 g/mol. The first-order valence-corrected chi connectivity index (χ1v) is 1.96. The molecule has 44 valence electrons. The maximum atomic E-state index is 9.74. The minimum atomic E-state index is -1.97. The fraction of sp³-hybridized carbons (Fsp3) is 0.400. The van der Waals surface area contributed by atoms with Crippen molar-refractivity contribution in [2.45, 2.75) is 5.60 Å². The lowest BCUT2D eigenvalue weighted by Crippen LogP contribution is -2.32. The molecule has 0 aliphatic carbocycles. The Morgan fingerprint density at radius 1 is 1.88 bits per heavy atom. The summed E-state index contributed by atoms with van der Waals surface area (Å²) in [6.07, 6.45) is 4.75. The number of hydrogen-bond donors (Lipinski definition) is 2. The van der Waals surface area contributed by atoms with E-state index in [1.54, 1.807) is 5.92 Å². The van der Waals surface area contributed by atoms with Crippen molar-refractivity contribution in [3.63, 3.8) is 0 Å². The van der Waals surface area contributed by atoms with Crippen LogP contribution in [-0.2, 0) is 4.79 Å². The number of hydrogen-bond acceptors (Lipinski definition) is 3. The maximum Gasteiger partial charge on any atom is 0.204 e. The Morgan fingerprint density at radius 3 is 2.38 bits per heavy atom. The van der Waals surface area contributed by atoms with Gasteiger partial charge >= 0.3 is 0 Å². The van der Waals surface area contributed by atoms with Gasteiger partial charge in [-0.25, -0.2) is 0 Å². The van der Waals surface area contributed by atoms with E-state index in [0.29, 0.717) is 0 Å². The van der Waals surface area contributed by atoms with Crippen molar-refractivity contribution in [2.24, 2.45) is 0 Å². The predicted octanol–water partition coefficient (Wildman–Crippen LogP) is -1.46. The van der Waals surface area contributed by atoms with Gasteiger partial charge in [-0.1, -0.05) is 5.92 Å². The topological polar surface area (TPSA) is 57.5 Å². The zero-order valence-electron chi connectivity index (χ0n) is 4.16. The Labute approximate surface area is 46.9 Å². The molecule has 0 saturated carbocycles. The first-order valence-electron chi connectivity index (χ1n) is 1.96. The van der Waals surface area contributed by atoms with E-state index in [2.05, 4.69) is 6.42 Å². The van der Waals surface area contributed by atoms with Gasteiger partial charge in [0.25, 0.3) is 0 Å². The highest BCUT2D eigenvalue weighted by molar-refractivity contribution is 5.67. The van der Waals surface area contributed by atoms with Gasteiger partial charge in [0.1, 0.15) is 0 Å².